The molecule has 1 N–H and O–H groups in total. The fourth-order valence-corrected chi connectivity index (χ4v) is 4.19. The zero-order valence-corrected chi connectivity index (χ0v) is 15.7. The minimum atomic E-state index is -0.804. The van der Waals surface area contributed by atoms with Gasteiger partial charge in [0.2, 0.25) is 0 Å². The lowest BCUT2D eigenvalue weighted by molar-refractivity contribution is -0.137. The molecule has 0 saturated carbocycles. The van der Waals surface area contributed by atoms with Crippen LogP contribution in [-0.2, 0) is 17.8 Å². The van der Waals surface area contributed by atoms with Crippen molar-refractivity contribution in [2.45, 2.75) is 70.9 Å². The minimum Gasteiger partial charge on any atom is -0.481 e. The summed E-state index contributed by atoms with van der Waals surface area (Å²) in [7, 11) is 0. The minimum absolute atomic E-state index is 0.00422. The van der Waals surface area contributed by atoms with Crippen LogP contribution in [-0.4, -0.2) is 52.5 Å². The van der Waals surface area contributed by atoms with Crippen LogP contribution in [0.25, 0.3) is 0 Å². The molecule has 0 bridgehead atoms. The molecule has 6 heteroatoms. The summed E-state index contributed by atoms with van der Waals surface area (Å²) in [4.78, 5) is 28.2. The molecular weight excluding hydrogens is 332 g/mol. The van der Waals surface area contributed by atoms with Gasteiger partial charge in [-0.1, -0.05) is 6.92 Å². The van der Waals surface area contributed by atoms with Gasteiger partial charge < -0.3 is 14.4 Å². The number of piperidine rings is 1. The number of nitrogens with zero attached hydrogens (tertiary/aromatic N) is 2. The van der Waals surface area contributed by atoms with Gasteiger partial charge in [-0.05, 0) is 57.7 Å². The van der Waals surface area contributed by atoms with Gasteiger partial charge in [0.25, 0.3) is 5.91 Å². The average Bonchev–Trinajstić information content (AvgIpc) is 3.29. The van der Waals surface area contributed by atoms with Crippen molar-refractivity contribution < 1.29 is 19.1 Å². The van der Waals surface area contributed by atoms with Crippen LogP contribution in [0.2, 0.25) is 0 Å². The first-order chi connectivity index (χ1) is 12.6. The third-order valence-corrected chi connectivity index (χ3v) is 5.60. The molecule has 3 heterocycles. The number of carbonyl (C=O) groups excluding carboxylic acids is 1. The van der Waals surface area contributed by atoms with Gasteiger partial charge in [0, 0.05) is 37.5 Å². The van der Waals surface area contributed by atoms with Crippen molar-refractivity contribution in [1.29, 1.82) is 0 Å². The van der Waals surface area contributed by atoms with Crippen LogP contribution < -0.4 is 0 Å². The summed E-state index contributed by atoms with van der Waals surface area (Å²) in [5.41, 5.74) is 1.12. The van der Waals surface area contributed by atoms with Crippen LogP contribution in [0.1, 0.15) is 73.7 Å². The average molecular weight is 362 g/mol. The van der Waals surface area contributed by atoms with Crippen molar-refractivity contribution in [1.82, 2.24) is 9.80 Å². The number of amides is 1. The smallest absolute Gasteiger partial charge is 0.303 e. The van der Waals surface area contributed by atoms with Gasteiger partial charge in [0.05, 0.1) is 0 Å². The second-order valence-electron chi connectivity index (χ2n) is 7.48. The number of furan rings is 1. The molecule has 2 fully saturated rings. The van der Waals surface area contributed by atoms with Crippen molar-refractivity contribution in [2.75, 3.05) is 19.6 Å². The van der Waals surface area contributed by atoms with E-state index in [1.807, 2.05) is 11.0 Å². The van der Waals surface area contributed by atoms with Gasteiger partial charge in [-0.2, -0.15) is 0 Å². The van der Waals surface area contributed by atoms with E-state index in [1.165, 1.54) is 12.8 Å². The molecule has 1 amide bonds. The van der Waals surface area contributed by atoms with Gasteiger partial charge in [0.1, 0.15) is 5.76 Å². The molecule has 144 valence electrons. The van der Waals surface area contributed by atoms with Crippen molar-refractivity contribution in [3.05, 3.63) is 23.2 Å². The Kier molecular flexibility index (Phi) is 6.35. The highest BCUT2D eigenvalue weighted by molar-refractivity contribution is 5.92. The second-order valence-corrected chi connectivity index (χ2v) is 7.48. The van der Waals surface area contributed by atoms with Gasteiger partial charge in [0.15, 0.2) is 5.76 Å². The predicted molar refractivity (Wildman–Crippen MR) is 98.1 cm³/mol. The highest BCUT2D eigenvalue weighted by Gasteiger charge is 2.30. The molecule has 1 aromatic heterocycles. The van der Waals surface area contributed by atoms with E-state index in [1.54, 1.807) is 0 Å². The van der Waals surface area contributed by atoms with E-state index in [0.717, 1.165) is 56.6 Å². The number of rotatable bonds is 7. The standard InChI is InChI=1S/C20H30N2O4/c1-2-17-15(14-21-10-5-6-11-21)13-18(26-17)20(25)22-12-4-3-7-16(22)8-9-19(23)24/h13,16H,2-12,14H2,1H3,(H,23,24)/t16-/m1/s1. The van der Waals surface area contributed by atoms with E-state index < -0.39 is 5.97 Å². The van der Waals surface area contributed by atoms with E-state index >= 15 is 0 Å². The number of likely N-dealkylation sites (tertiary alicyclic amines) is 2. The first-order valence-corrected chi connectivity index (χ1v) is 9.95. The van der Waals surface area contributed by atoms with Gasteiger partial charge in [-0.15, -0.1) is 0 Å². The van der Waals surface area contributed by atoms with Crippen LogP contribution in [0.5, 0.6) is 0 Å². The maximum absolute atomic E-state index is 13.0. The van der Waals surface area contributed by atoms with E-state index in [0.29, 0.717) is 18.7 Å². The number of hydrogen-bond acceptors (Lipinski definition) is 4. The van der Waals surface area contributed by atoms with Crippen molar-refractivity contribution in [3.63, 3.8) is 0 Å². The molecule has 1 atom stereocenters. The van der Waals surface area contributed by atoms with Crippen LogP contribution in [0.3, 0.4) is 0 Å². The number of carboxylic acids is 1. The van der Waals surface area contributed by atoms with Crippen LogP contribution >= 0.6 is 0 Å². The third kappa shape index (κ3) is 4.47. The Morgan fingerprint density at radius 3 is 2.62 bits per heavy atom. The summed E-state index contributed by atoms with van der Waals surface area (Å²) in [6.45, 7) is 5.81. The first-order valence-electron chi connectivity index (χ1n) is 9.95. The molecule has 0 radical (unpaired) electrons. The Morgan fingerprint density at radius 2 is 1.92 bits per heavy atom. The van der Waals surface area contributed by atoms with Crippen LogP contribution in [0.15, 0.2) is 10.5 Å². The quantitative estimate of drug-likeness (QED) is 0.806. The lowest BCUT2D eigenvalue weighted by Crippen LogP contribution is -2.43. The van der Waals surface area contributed by atoms with Crippen LogP contribution in [0.4, 0.5) is 0 Å². The van der Waals surface area contributed by atoms with Gasteiger partial charge in [-0.25, -0.2) is 0 Å². The number of carbonyl (C=O) groups is 2. The van der Waals surface area contributed by atoms with Crippen molar-refractivity contribution >= 4 is 11.9 Å². The summed E-state index contributed by atoms with van der Waals surface area (Å²) in [5, 5.41) is 8.97. The summed E-state index contributed by atoms with van der Waals surface area (Å²) in [6, 6.07) is 1.92. The summed E-state index contributed by atoms with van der Waals surface area (Å²) in [6.07, 6.45) is 6.77. The van der Waals surface area contributed by atoms with E-state index in [2.05, 4.69) is 11.8 Å². The number of carboxylic acid groups (broad SMARTS) is 1. The van der Waals surface area contributed by atoms with Crippen molar-refractivity contribution in [2.24, 2.45) is 0 Å². The van der Waals surface area contributed by atoms with Crippen LogP contribution in [0, 0.1) is 0 Å². The number of hydrogen-bond donors (Lipinski definition) is 1. The van der Waals surface area contributed by atoms with Crippen molar-refractivity contribution in [3.8, 4) is 0 Å². The largest absolute Gasteiger partial charge is 0.481 e. The Bertz CT molecular complexity index is 634. The Labute approximate surface area is 155 Å². The molecule has 2 saturated heterocycles. The predicted octanol–water partition coefficient (Wildman–Crippen LogP) is 3.30. The zero-order chi connectivity index (χ0) is 18.5. The molecule has 0 unspecified atom stereocenters. The Morgan fingerprint density at radius 1 is 1.19 bits per heavy atom. The Hall–Kier alpha value is -1.82. The SMILES string of the molecule is CCc1oc(C(=O)N2CCCC[C@@H]2CCC(=O)O)cc1CN1CCCC1. The Balaban J connectivity index is 1.72. The molecule has 1 aromatic rings. The van der Waals surface area contributed by atoms with Gasteiger partial charge >= 0.3 is 5.97 Å². The normalized spacial score (nSPS) is 21.3. The maximum Gasteiger partial charge on any atom is 0.303 e. The molecule has 26 heavy (non-hydrogen) atoms. The van der Waals surface area contributed by atoms with E-state index in [4.69, 9.17) is 9.52 Å². The number of aliphatic carboxylic acids is 1. The van der Waals surface area contributed by atoms with Gasteiger partial charge in [-0.3, -0.25) is 14.5 Å². The molecule has 3 rings (SSSR count). The molecule has 0 aromatic carbocycles. The third-order valence-electron chi connectivity index (χ3n) is 5.60. The second kappa shape index (κ2) is 8.71. The molecule has 6 nitrogen and oxygen atoms in total. The molecule has 0 aliphatic carbocycles. The number of aryl methyl sites for hydroxylation is 1. The molecule has 2 aliphatic rings. The monoisotopic (exact) mass is 362 g/mol. The molecule has 0 spiro atoms. The fraction of sp³-hybridized carbons (Fsp3) is 0.700. The summed E-state index contributed by atoms with van der Waals surface area (Å²) < 4.78 is 5.93. The highest BCUT2D eigenvalue weighted by atomic mass is 16.4. The maximum atomic E-state index is 13.0. The fourth-order valence-electron chi connectivity index (χ4n) is 4.19. The first kappa shape index (κ1) is 19.0. The summed E-state index contributed by atoms with van der Waals surface area (Å²) >= 11 is 0. The summed E-state index contributed by atoms with van der Waals surface area (Å²) in [5.74, 6) is 0.433. The zero-order valence-electron chi connectivity index (χ0n) is 15.7. The van der Waals surface area contributed by atoms with E-state index in [9.17, 15) is 9.59 Å². The molecular formula is C20H30N2O4. The topological polar surface area (TPSA) is 74.0 Å². The van der Waals surface area contributed by atoms with E-state index in [-0.39, 0.29) is 18.4 Å². The molecule has 2 aliphatic heterocycles. The lowest BCUT2D eigenvalue weighted by Gasteiger charge is -2.35. The lowest BCUT2D eigenvalue weighted by atomic mass is 9.97. The highest BCUT2D eigenvalue weighted by Crippen LogP contribution is 2.26.